The molecular weight excluding hydrogens is 298 g/mol. The van der Waals surface area contributed by atoms with Gasteiger partial charge in [0.1, 0.15) is 12.1 Å². The molecule has 1 fully saturated rings. The van der Waals surface area contributed by atoms with Crippen LogP contribution in [-0.4, -0.2) is 41.1 Å². The number of anilines is 2. The van der Waals surface area contributed by atoms with Crippen LogP contribution in [-0.2, 0) is 0 Å². The van der Waals surface area contributed by atoms with Crippen LogP contribution < -0.4 is 9.80 Å². The van der Waals surface area contributed by atoms with Crippen LogP contribution in [0.25, 0.3) is 11.0 Å². The summed E-state index contributed by atoms with van der Waals surface area (Å²) >= 11 is 0. The van der Waals surface area contributed by atoms with E-state index in [1.165, 1.54) is 16.8 Å². The van der Waals surface area contributed by atoms with Gasteiger partial charge in [0.05, 0.1) is 5.39 Å². The Bertz CT molecular complexity index is 863. The zero-order valence-electron chi connectivity index (χ0n) is 14.1. The molecule has 3 heterocycles. The lowest BCUT2D eigenvalue weighted by molar-refractivity contribution is 0.647. The van der Waals surface area contributed by atoms with Crippen LogP contribution in [0.4, 0.5) is 11.5 Å². The molecule has 0 N–H and O–H groups in total. The van der Waals surface area contributed by atoms with Crippen LogP contribution in [0.2, 0.25) is 0 Å². The van der Waals surface area contributed by atoms with E-state index in [0.717, 1.165) is 43.0 Å². The normalized spacial score (nSPS) is 15.1. The number of rotatable bonds is 2. The number of hydrogen-bond acceptors (Lipinski definition) is 5. The molecular formula is C19H21N5. The minimum atomic E-state index is 0.763. The quantitative estimate of drug-likeness (QED) is 0.726. The standard InChI is InChI=1S/C19H21N5/c1-14-5-3-7-17(15(14)2)23-9-11-24(12-10-23)19-16-6-4-8-20-18(16)21-13-22-19/h3-8,13H,9-12H2,1-2H3. The molecule has 0 amide bonds. The first kappa shape index (κ1) is 14.9. The number of benzene rings is 1. The topological polar surface area (TPSA) is 45.2 Å². The lowest BCUT2D eigenvalue weighted by atomic mass is 10.1. The van der Waals surface area contributed by atoms with Crippen molar-refractivity contribution in [2.75, 3.05) is 36.0 Å². The molecule has 1 aliphatic heterocycles. The number of nitrogens with zero attached hydrogens (tertiary/aromatic N) is 5. The maximum Gasteiger partial charge on any atom is 0.164 e. The van der Waals surface area contributed by atoms with Crippen LogP contribution in [0.5, 0.6) is 0 Å². The number of piperazine rings is 1. The van der Waals surface area contributed by atoms with Gasteiger partial charge in [-0.1, -0.05) is 12.1 Å². The molecule has 0 atom stereocenters. The number of aromatic nitrogens is 3. The lowest BCUT2D eigenvalue weighted by Crippen LogP contribution is -2.47. The molecule has 0 bridgehead atoms. The molecule has 1 saturated heterocycles. The summed E-state index contributed by atoms with van der Waals surface area (Å²) in [6, 6.07) is 10.5. The fourth-order valence-corrected chi connectivity index (χ4v) is 3.37. The summed E-state index contributed by atoms with van der Waals surface area (Å²) in [7, 11) is 0. The van der Waals surface area contributed by atoms with Crippen molar-refractivity contribution in [3.63, 3.8) is 0 Å². The smallest absolute Gasteiger partial charge is 0.164 e. The van der Waals surface area contributed by atoms with Crippen molar-refractivity contribution in [2.24, 2.45) is 0 Å². The van der Waals surface area contributed by atoms with Crippen LogP contribution in [0.15, 0.2) is 42.9 Å². The summed E-state index contributed by atoms with van der Waals surface area (Å²) in [5.74, 6) is 0.994. The van der Waals surface area contributed by atoms with Crippen molar-refractivity contribution in [3.8, 4) is 0 Å². The van der Waals surface area contributed by atoms with Crippen LogP contribution in [0.3, 0.4) is 0 Å². The number of hydrogen-bond donors (Lipinski definition) is 0. The van der Waals surface area contributed by atoms with Gasteiger partial charge in [0, 0.05) is 38.1 Å². The van der Waals surface area contributed by atoms with Crippen molar-refractivity contribution >= 4 is 22.5 Å². The van der Waals surface area contributed by atoms with Gasteiger partial charge in [-0.2, -0.15) is 0 Å². The van der Waals surface area contributed by atoms with E-state index in [1.807, 2.05) is 6.07 Å². The molecule has 1 aromatic carbocycles. The lowest BCUT2D eigenvalue weighted by Gasteiger charge is -2.37. The molecule has 122 valence electrons. The Labute approximate surface area is 142 Å². The summed E-state index contributed by atoms with van der Waals surface area (Å²) in [6.07, 6.45) is 3.39. The van der Waals surface area contributed by atoms with Gasteiger partial charge in [-0.3, -0.25) is 0 Å². The predicted octanol–water partition coefficient (Wildman–Crippen LogP) is 2.97. The maximum atomic E-state index is 4.52. The highest BCUT2D eigenvalue weighted by molar-refractivity contribution is 5.86. The molecule has 24 heavy (non-hydrogen) atoms. The molecule has 0 unspecified atom stereocenters. The van der Waals surface area contributed by atoms with Crippen molar-refractivity contribution in [1.82, 2.24) is 15.0 Å². The van der Waals surface area contributed by atoms with E-state index < -0.39 is 0 Å². The van der Waals surface area contributed by atoms with Gasteiger partial charge < -0.3 is 9.80 Å². The second-order valence-electron chi connectivity index (χ2n) is 6.26. The van der Waals surface area contributed by atoms with Gasteiger partial charge >= 0.3 is 0 Å². The molecule has 0 saturated carbocycles. The van der Waals surface area contributed by atoms with E-state index in [2.05, 4.69) is 62.9 Å². The molecule has 5 heteroatoms. The number of aryl methyl sites for hydroxylation is 1. The van der Waals surface area contributed by atoms with Crippen LogP contribution >= 0.6 is 0 Å². The third kappa shape index (κ3) is 2.56. The van der Waals surface area contributed by atoms with E-state index in [1.54, 1.807) is 12.5 Å². The minimum Gasteiger partial charge on any atom is -0.368 e. The Hall–Kier alpha value is -2.69. The molecule has 0 spiro atoms. The molecule has 0 radical (unpaired) electrons. The van der Waals surface area contributed by atoms with Crippen molar-refractivity contribution in [1.29, 1.82) is 0 Å². The van der Waals surface area contributed by atoms with Gasteiger partial charge in [-0.25, -0.2) is 15.0 Å². The summed E-state index contributed by atoms with van der Waals surface area (Å²) in [6.45, 7) is 8.28. The van der Waals surface area contributed by atoms with Crippen LogP contribution in [0.1, 0.15) is 11.1 Å². The van der Waals surface area contributed by atoms with Gasteiger partial charge in [0.25, 0.3) is 0 Å². The highest BCUT2D eigenvalue weighted by Crippen LogP contribution is 2.26. The zero-order valence-corrected chi connectivity index (χ0v) is 14.1. The van der Waals surface area contributed by atoms with Gasteiger partial charge in [-0.05, 0) is 43.2 Å². The Morgan fingerprint density at radius 2 is 1.62 bits per heavy atom. The van der Waals surface area contributed by atoms with E-state index in [9.17, 15) is 0 Å². The highest BCUT2D eigenvalue weighted by Gasteiger charge is 2.21. The molecule has 0 aliphatic carbocycles. The second-order valence-corrected chi connectivity index (χ2v) is 6.26. The average Bonchev–Trinajstić information content (AvgIpc) is 2.64. The number of pyridine rings is 1. The van der Waals surface area contributed by atoms with Gasteiger partial charge in [0.15, 0.2) is 5.65 Å². The Balaban J connectivity index is 1.57. The summed E-state index contributed by atoms with van der Waals surface area (Å²) in [5, 5.41) is 1.03. The first-order chi connectivity index (χ1) is 11.7. The summed E-state index contributed by atoms with van der Waals surface area (Å²) in [5.41, 5.74) is 4.84. The van der Waals surface area contributed by atoms with Crippen molar-refractivity contribution < 1.29 is 0 Å². The molecule has 3 aromatic rings. The Kier molecular flexibility index (Phi) is 3.76. The third-order valence-electron chi connectivity index (χ3n) is 4.88. The zero-order chi connectivity index (χ0) is 16.5. The van der Waals surface area contributed by atoms with Crippen molar-refractivity contribution in [3.05, 3.63) is 54.0 Å². The van der Waals surface area contributed by atoms with Crippen LogP contribution in [0, 0.1) is 13.8 Å². The first-order valence-corrected chi connectivity index (χ1v) is 8.36. The monoisotopic (exact) mass is 319 g/mol. The predicted molar refractivity (Wildman–Crippen MR) is 97.7 cm³/mol. The van der Waals surface area contributed by atoms with E-state index in [4.69, 9.17) is 0 Å². The fourth-order valence-electron chi connectivity index (χ4n) is 3.37. The van der Waals surface area contributed by atoms with Gasteiger partial charge in [-0.15, -0.1) is 0 Å². The van der Waals surface area contributed by atoms with E-state index in [-0.39, 0.29) is 0 Å². The first-order valence-electron chi connectivity index (χ1n) is 8.36. The van der Waals surface area contributed by atoms with E-state index >= 15 is 0 Å². The largest absolute Gasteiger partial charge is 0.368 e. The van der Waals surface area contributed by atoms with Gasteiger partial charge in [0.2, 0.25) is 0 Å². The fraction of sp³-hybridized carbons (Fsp3) is 0.316. The minimum absolute atomic E-state index is 0.763. The number of fused-ring (bicyclic) bond motifs is 1. The summed E-state index contributed by atoms with van der Waals surface area (Å²) < 4.78 is 0. The maximum absolute atomic E-state index is 4.52. The average molecular weight is 319 g/mol. The Morgan fingerprint density at radius 3 is 2.46 bits per heavy atom. The van der Waals surface area contributed by atoms with Crippen molar-refractivity contribution in [2.45, 2.75) is 13.8 Å². The molecule has 5 nitrogen and oxygen atoms in total. The molecule has 2 aromatic heterocycles. The Morgan fingerprint density at radius 1 is 0.833 bits per heavy atom. The highest BCUT2D eigenvalue weighted by atomic mass is 15.3. The third-order valence-corrected chi connectivity index (χ3v) is 4.88. The molecule has 4 rings (SSSR count). The van der Waals surface area contributed by atoms with E-state index in [0.29, 0.717) is 0 Å². The summed E-state index contributed by atoms with van der Waals surface area (Å²) in [4.78, 5) is 17.9. The second kappa shape index (κ2) is 6.07. The molecule has 1 aliphatic rings. The SMILES string of the molecule is Cc1cccc(N2CCN(c3ncnc4ncccc34)CC2)c1C.